The summed E-state index contributed by atoms with van der Waals surface area (Å²) < 4.78 is 0. The molecule has 1 unspecified atom stereocenters. The first-order valence-corrected chi connectivity index (χ1v) is 8.52. The molecular formula is C14H30N2S. The Morgan fingerprint density at radius 3 is 2.82 bits per heavy atom. The number of hydrogen-bond donors (Lipinski definition) is 1. The molecule has 1 fully saturated rings. The second-order valence-corrected chi connectivity index (χ2v) is 6.41. The Kier molecular flexibility index (Phi) is 9.21. The summed E-state index contributed by atoms with van der Waals surface area (Å²) in [5.41, 5.74) is 5.68. The van der Waals surface area contributed by atoms with E-state index < -0.39 is 0 Å². The molecule has 17 heavy (non-hydrogen) atoms. The molecule has 0 bridgehead atoms. The zero-order valence-corrected chi connectivity index (χ0v) is 12.3. The Balaban J connectivity index is 2.10. The van der Waals surface area contributed by atoms with Crippen LogP contribution in [0.15, 0.2) is 0 Å². The van der Waals surface area contributed by atoms with Gasteiger partial charge in [-0.25, -0.2) is 0 Å². The van der Waals surface area contributed by atoms with Crippen molar-refractivity contribution in [3.63, 3.8) is 0 Å². The summed E-state index contributed by atoms with van der Waals surface area (Å²) in [6.45, 7) is 7.09. The number of thioether (sulfide) groups is 1. The fraction of sp³-hybridized carbons (Fsp3) is 1.00. The van der Waals surface area contributed by atoms with Gasteiger partial charge >= 0.3 is 0 Å². The normalized spacial score (nSPS) is 20.1. The minimum absolute atomic E-state index is 0.866. The maximum Gasteiger partial charge on any atom is 0.00723 e. The summed E-state index contributed by atoms with van der Waals surface area (Å²) in [5, 5.41) is 0. The molecule has 0 amide bonds. The Morgan fingerprint density at radius 2 is 2.06 bits per heavy atom. The number of nitrogens with zero attached hydrogens (tertiary/aromatic N) is 1. The maximum absolute atomic E-state index is 5.68. The largest absolute Gasteiger partial charge is 0.330 e. The summed E-state index contributed by atoms with van der Waals surface area (Å²) in [7, 11) is 0. The van der Waals surface area contributed by atoms with Crippen LogP contribution in [0.5, 0.6) is 0 Å². The molecule has 1 aliphatic heterocycles. The Labute approximate surface area is 112 Å². The second-order valence-electron chi connectivity index (χ2n) is 5.18. The van der Waals surface area contributed by atoms with Crippen LogP contribution in [0.4, 0.5) is 0 Å². The van der Waals surface area contributed by atoms with E-state index in [9.17, 15) is 0 Å². The molecule has 0 saturated carbocycles. The first-order chi connectivity index (χ1) is 8.36. The summed E-state index contributed by atoms with van der Waals surface area (Å²) >= 11 is 2.12. The van der Waals surface area contributed by atoms with Gasteiger partial charge in [0.2, 0.25) is 0 Å². The molecule has 0 aromatic heterocycles. The summed E-state index contributed by atoms with van der Waals surface area (Å²) in [5.74, 6) is 3.58. The van der Waals surface area contributed by atoms with Crippen LogP contribution in [-0.4, -0.2) is 42.6 Å². The van der Waals surface area contributed by atoms with Crippen LogP contribution >= 0.6 is 11.8 Å². The molecule has 0 aliphatic carbocycles. The van der Waals surface area contributed by atoms with Gasteiger partial charge in [0.25, 0.3) is 0 Å². The highest BCUT2D eigenvalue weighted by Gasteiger charge is 2.11. The van der Waals surface area contributed by atoms with Crippen molar-refractivity contribution in [3.05, 3.63) is 0 Å². The minimum Gasteiger partial charge on any atom is -0.330 e. The summed E-state index contributed by atoms with van der Waals surface area (Å²) in [4.78, 5) is 2.66. The van der Waals surface area contributed by atoms with Crippen LogP contribution in [0, 0.1) is 5.92 Å². The van der Waals surface area contributed by atoms with Crippen LogP contribution in [0.3, 0.4) is 0 Å². The maximum atomic E-state index is 5.68. The SMILES string of the molecule is CCCC(CCN)CCCN1CCCSCC1. The van der Waals surface area contributed by atoms with E-state index in [2.05, 4.69) is 23.6 Å². The smallest absolute Gasteiger partial charge is 0.00723 e. The number of nitrogens with two attached hydrogens (primary N) is 1. The molecular weight excluding hydrogens is 228 g/mol. The van der Waals surface area contributed by atoms with Gasteiger partial charge in [-0.1, -0.05) is 19.8 Å². The van der Waals surface area contributed by atoms with Crippen molar-refractivity contribution < 1.29 is 0 Å². The lowest BCUT2D eigenvalue weighted by Crippen LogP contribution is -2.27. The van der Waals surface area contributed by atoms with Gasteiger partial charge in [0.15, 0.2) is 0 Å². The van der Waals surface area contributed by atoms with E-state index in [-0.39, 0.29) is 0 Å². The topological polar surface area (TPSA) is 29.3 Å². The van der Waals surface area contributed by atoms with Gasteiger partial charge in [0.1, 0.15) is 0 Å². The lowest BCUT2D eigenvalue weighted by atomic mass is 9.94. The van der Waals surface area contributed by atoms with Crippen LogP contribution in [-0.2, 0) is 0 Å². The standard InChI is InChI=1S/C14H30N2S/c1-2-5-14(7-8-15)6-3-9-16-10-4-12-17-13-11-16/h14H,2-13,15H2,1H3. The third kappa shape index (κ3) is 7.32. The molecule has 1 saturated heterocycles. The average molecular weight is 258 g/mol. The Hall–Kier alpha value is 0.270. The van der Waals surface area contributed by atoms with Gasteiger partial charge in [-0.05, 0) is 57.0 Å². The molecule has 1 atom stereocenters. The monoisotopic (exact) mass is 258 g/mol. The van der Waals surface area contributed by atoms with Crippen molar-refractivity contribution in [1.82, 2.24) is 4.90 Å². The van der Waals surface area contributed by atoms with Gasteiger partial charge in [0, 0.05) is 12.3 Å². The van der Waals surface area contributed by atoms with Crippen molar-refractivity contribution in [2.75, 3.05) is 37.7 Å². The fourth-order valence-corrected chi connectivity index (χ4v) is 3.63. The van der Waals surface area contributed by atoms with E-state index in [1.165, 1.54) is 69.7 Å². The van der Waals surface area contributed by atoms with Gasteiger partial charge < -0.3 is 10.6 Å². The van der Waals surface area contributed by atoms with Gasteiger partial charge in [-0.2, -0.15) is 11.8 Å². The van der Waals surface area contributed by atoms with Crippen molar-refractivity contribution in [2.45, 2.75) is 45.4 Å². The van der Waals surface area contributed by atoms with Crippen LogP contribution in [0.1, 0.15) is 45.4 Å². The molecule has 0 aromatic carbocycles. The van der Waals surface area contributed by atoms with Gasteiger partial charge in [-0.15, -0.1) is 0 Å². The average Bonchev–Trinajstić information content (AvgIpc) is 2.58. The predicted octanol–water partition coefficient (Wildman–Crippen LogP) is 2.97. The van der Waals surface area contributed by atoms with E-state index in [1.54, 1.807) is 0 Å². The third-order valence-corrected chi connectivity index (χ3v) is 4.72. The highest BCUT2D eigenvalue weighted by molar-refractivity contribution is 7.99. The van der Waals surface area contributed by atoms with Gasteiger partial charge in [-0.3, -0.25) is 0 Å². The lowest BCUT2D eigenvalue weighted by molar-refractivity contribution is 0.274. The van der Waals surface area contributed by atoms with Crippen molar-refractivity contribution >= 4 is 11.8 Å². The Bertz CT molecular complexity index is 160. The van der Waals surface area contributed by atoms with E-state index >= 15 is 0 Å². The highest BCUT2D eigenvalue weighted by atomic mass is 32.2. The predicted molar refractivity (Wildman–Crippen MR) is 79.7 cm³/mol. The number of hydrogen-bond acceptors (Lipinski definition) is 3. The molecule has 2 nitrogen and oxygen atoms in total. The zero-order valence-electron chi connectivity index (χ0n) is 11.5. The summed E-state index contributed by atoms with van der Waals surface area (Å²) in [6, 6.07) is 0. The molecule has 1 rings (SSSR count). The first kappa shape index (κ1) is 15.3. The van der Waals surface area contributed by atoms with E-state index in [0.717, 1.165) is 12.5 Å². The van der Waals surface area contributed by atoms with Crippen LogP contribution in [0.25, 0.3) is 0 Å². The van der Waals surface area contributed by atoms with Crippen molar-refractivity contribution in [2.24, 2.45) is 11.7 Å². The number of rotatable bonds is 8. The minimum atomic E-state index is 0.866. The quantitative estimate of drug-likeness (QED) is 0.726. The van der Waals surface area contributed by atoms with Gasteiger partial charge in [0.05, 0.1) is 0 Å². The zero-order chi connectivity index (χ0) is 12.3. The van der Waals surface area contributed by atoms with Crippen LogP contribution in [0.2, 0.25) is 0 Å². The van der Waals surface area contributed by atoms with Crippen molar-refractivity contribution in [3.8, 4) is 0 Å². The third-order valence-electron chi connectivity index (χ3n) is 3.67. The molecule has 0 aromatic rings. The second kappa shape index (κ2) is 10.2. The molecule has 102 valence electrons. The fourth-order valence-electron chi connectivity index (χ4n) is 2.70. The highest BCUT2D eigenvalue weighted by Crippen LogP contribution is 2.18. The molecule has 0 radical (unpaired) electrons. The molecule has 1 heterocycles. The molecule has 3 heteroatoms. The van der Waals surface area contributed by atoms with Crippen LogP contribution < -0.4 is 5.73 Å². The van der Waals surface area contributed by atoms with Crippen molar-refractivity contribution in [1.29, 1.82) is 0 Å². The van der Waals surface area contributed by atoms with E-state index in [4.69, 9.17) is 5.73 Å². The van der Waals surface area contributed by atoms with E-state index in [1.807, 2.05) is 0 Å². The summed E-state index contributed by atoms with van der Waals surface area (Å²) in [6.07, 6.45) is 8.04. The Morgan fingerprint density at radius 1 is 1.18 bits per heavy atom. The first-order valence-electron chi connectivity index (χ1n) is 7.37. The van der Waals surface area contributed by atoms with E-state index in [0.29, 0.717) is 0 Å². The molecule has 0 spiro atoms. The molecule has 2 N–H and O–H groups in total. The lowest BCUT2D eigenvalue weighted by Gasteiger charge is -2.21. The molecule has 1 aliphatic rings.